The van der Waals surface area contributed by atoms with Crippen LogP contribution >= 0.6 is 0 Å². The first-order chi connectivity index (χ1) is 7.27. The maximum Gasteiger partial charge on any atom is 0.205 e. The smallest absolute Gasteiger partial charge is 0.205 e. The van der Waals surface area contributed by atoms with Gasteiger partial charge < -0.3 is 10.1 Å². The van der Waals surface area contributed by atoms with Crippen molar-refractivity contribution in [1.29, 1.82) is 0 Å². The maximum atomic E-state index is 5.35. The van der Waals surface area contributed by atoms with Crippen LogP contribution in [0.2, 0.25) is 0 Å². The molecule has 1 atom stereocenters. The number of guanidine groups is 1. The van der Waals surface area contributed by atoms with E-state index in [4.69, 9.17) is 10.6 Å². The Balaban J connectivity index is 2.19. The van der Waals surface area contributed by atoms with Gasteiger partial charge in [0.25, 0.3) is 0 Å². The minimum atomic E-state index is 0.652. The Labute approximate surface area is 91.4 Å². The van der Waals surface area contributed by atoms with Crippen LogP contribution in [-0.2, 0) is 4.74 Å². The minimum Gasteiger partial charge on any atom is -0.383 e. The Morgan fingerprint density at radius 1 is 1.60 bits per heavy atom. The molecular formula is C10H22N4O. The summed E-state index contributed by atoms with van der Waals surface area (Å²) in [4.78, 5) is 4.39. The molecule has 0 amide bonds. The van der Waals surface area contributed by atoms with Gasteiger partial charge in [-0.15, -0.1) is 0 Å². The van der Waals surface area contributed by atoms with E-state index in [2.05, 4.69) is 22.7 Å². The minimum absolute atomic E-state index is 0.652. The van der Waals surface area contributed by atoms with Crippen LogP contribution in [0.5, 0.6) is 0 Å². The number of nitrogens with two attached hydrogens (primary N) is 1. The number of nitrogens with zero attached hydrogens (tertiary/aromatic N) is 1. The number of ether oxygens (including phenoxy) is 1. The van der Waals surface area contributed by atoms with Crippen molar-refractivity contribution in [1.82, 2.24) is 10.7 Å². The molecule has 1 fully saturated rings. The first kappa shape index (κ1) is 12.3. The molecule has 1 aliphatic carbocycles. The molecule has 0 radical (unpaired) electrons. The highest BCUT2D eigenvalue weighted by molar-refractivity contribution is 5.79. The molecule has 0 aromatic rings. The lowest BCUT2D eigenvalue weighted by Gasteiger charge is -2.10. The third kappa shape index (κ3) is 4.99. The van der Waals surface area contributed by atoms with E-state index < -0.39 is 0 Å². The van der Waals surface area contributed by atoms with Crippen molar-refractivity contribution in [3.8, 4) is 0 Å². The van der Waals surface area contributed by atoms with E-state index in [1.54, 1.807) is 7.11 Å². The van der Waals surface area contributed by atoms with Gasteiger partial charge in [0, 0.05) is 20.2 Å². The summed E-state index contributed by atoms with van der Waals surface area (Å²) in [6.07, 6.45) is 2.72. The average molecular weight is 214 g/mol. The second-order valence-electron chi connectivity index (χ2n) is 4.07. The largest absolute Gasteiger partial charge is 0.383 e. The second kappa shape index (κ2) is 6.63. The lowest BCUT2D eigenvalue weighted by Crippen LogP contribution is -2.43. The van der Waals surface area contributed by atoms with Crippen molar-refractivity contribution < 1.29 is 4.74 Å². The lowest BCUT2D eigenvalue weighted by atomic mass is 10.1. The topological polar surface area (TPSA) is 71.7 Å². The van der Waals surface area contributed by atoms with E-state index >= 15 is 0 Å². The van der Waals surface area contributed by atoms with E-state index in [0.717, 1.165) is 19.0 Å². The van der Waals surface area contributed by atoms with Crippen molar-refractivity contribution in [3.63, 3.8) is 0 Å². The molecule has 5 heteroatoms. The van der Waals surface area contributed by atoms with Gasteiger partial charge in [0.1, 0.15) is 0 Å². The van der Waals surface area contributed by atoms with E-state index in [-0.39, 0.29) is 0 Å². The summed E-state index contributed by atoms with van der Waals surface area (Å²) in [6, 6.07) is 0. The molecule has 88 valence electrons. The molecule has 0 aromatic heterocycles. The van der Waals surface area contributed by atoms with Crippen LogP contribution in [-0.4, -0.2) is 32.8 Å². The molecule has 0 aliphatic heterocycles. The fourth-order valence-corrected chi connectivity index (χ4v) is 1.47. The highest BCUT2D eigenvalue weighted by Gasteiger charge is 2.27. The molecule has 15 heavy (non-hydrogen) atoms. The van der Waals surface area contributed by atoms with E-state index in [1.165, 1.54) is 12.8 Å². The summed E-state index contributed by atoms with van der Waals surface area (Å²) >= 11 is 0. The Kier molecular flexibility index (Phi) is 5.42. The van der Waals surface area contributed by atoms with E-state index in [9.17, 15) is 0 Å². The summed E-state index contributed by atoms with van der Waals surface area (Å²) in [5.74, 6) is 7.55. The number of hydrogen-bond acceptors (Lipinski definition) is 3. The molecule has 1 aliphatic rings. The van der Waals surface area contributed by atoms with Crippen molar-refractivity contribution >= 4 is 5.96 Å². The van der Waals surface area contributed by atoms with Gasteiger partial charge in [-0.25, -0.2) is 5.84 Å². The zero-order chi connectivity index (χ0) is 11.1. The normalized spacial score (nSPS) is 18.7. The number of hydrazine groups is 1. The van der Waals surface area contributed by atoms with Crippen LogP contribution in [0.25, 0.3) is 0 Å². The summed E-state index contributed by atoms with van der Waals surface area (Å²) in [6.45, 7) is 4.45. The Morgan fingerprint density at radius 2 is 2.33 bits per heavy atom. The quantitative estimate of drug-likeness (QED) is 0.193. The molecule has 1 unspecified atom stereocenters. The molecule has 4 N–H and O–H groups in total. The van der Waals surface area contributed by atoms with E-state index in [0.29, 0.717) is 18.5 Å². The zero-order valence-corrected chi connectivity index (χ0v) is 9.62. The average Bonchev–Trinajstić information content (AvgIpc) is 3.06. The number of rotatable bonds is 6. The van der Waals surface area contributed by atoms with Gasteiger partial charge in [0.2, 0.25) is 5.96 Å². The molecule has 0 spiro atoms. The molecular weight excluding hydrogens is 192 g/mol. The molecule has 5 nitrogen and oxygen atoms in total. The molecule has 0 bridgehead atoms. The van der Waals surface area contributed by atoms with Crippen LogP contribution in [0.3, 0.4) is 0 Å². The summed E-state index contributed by atoms with van der Waals surface area (Å²) in [7, 11) is 1.67. The van der Waals surface area contributed by atoms with Crippen molar-refractivity contribution in [2.45, 2.75) is 19.8 Å². The molecule has 1 rings (SSSR count). The van der Waals surface area contributed by atoms with Gasteiger partial charge >= 0.3 is 0 Å². The predicted octanol–water partition coefficient (Wildman–Crippen LogP) is 0.0878. The third-order valence-electron chi connectivity index (χ3n) is 2.70. The van der Waals surface area contributed by atoms with Gasteiger partial charge in [-0.1, -0.05) is 6.92 Å². The second-order valence-corrected chi connectivity index (χ2v) is 4.07. The van der Waals surface area contributed by atoms with Crippen LogP contribution < -0.4 is 16.6 Å². The highest BCUT2D eigenvalue weighted by Crippen LogP contribution is 2.36. The Hall–Kier alpha value is -0.810. The fraction of sp³-hybridized carbons (Fsp3) is 0.900. The Bertz CT molecular complexity index is 204. The van der Waals surface area contributed by atoms with Gasteiger partial charge in [0.15, 0.2) is 0 Å². The molecule has 1 saturated carbocycles. The first-order valence-corrected chi connectivity index (χ1v) is 5.51. The number of aliphatic imine (C=N–C) groups is 1. The van der Waals surface area contributed by atoms with Gasteiger partial charge in [-0.05, 0) is 24.7 Å². The monoisotopic (exact) mass is 214 g/mol. The summed E-state index contributed by atoms with van der Waals surface area (Å²) in [5, 5.41) is 3.07. The van der Waals surface area contributed by atoms with Crippen molar-refractivity contribution in [2.24, 2.45) is 22.7 Å². The van der Waals surface area contributed by atoms with Crippen molar-refractivity contribution in [3.05, 3.63) is 0 Å². The van der Waals surface area contributed by atoms with Gasteiger partial charge in [-0.2, -0.15) is 0 Å². The van der Waals surface area contributed by atoms with Crippen LogP contribution in [0.1, 0.15) is 19.8 Å². The SMILES string of the molecule is COCCNC(=NCC(C)C1CC1)NN. The molecule has 0 aromatic carbocycles. The zero-order valence-electron chi connectivity index (χ0n) is 9.62. The fourth-order valence-electron chi connectivity index (χ4n) is 1.47. The maximum absolute atomic E-state index is 5.35. The molecule has 0 saturated heterocycles. The van der Waals surface area contributed by atoms with Gasteiger partial charge in [-0.3, -0.25) is 10.4 Å². The standard InChI is InChI=1S/C10H22N4O/c1-8(9-3-4-9)7-13-10(14-11)12-5-6-15-2/h8-9H,3-7,11H2,1-2H3,(H2,12,13,14). The molecule has 0 heterocycles. The predicted molar refractivity (Wildman–Crippen MR) is 61.4 cm³/mol. The number of methoxy groups -OCH3 is 1. The summed E-state index contributed by atoms with van der Waals surface area (Å²) < 4.78 is 4.92. The lowest BCUT2D eigenvalue weighted by molar-refractivity contribution is 0.203. The van der Waals surface area contributed by atoms with Crippen molar-refractivity contribution in [2.75, 3.05) is 26.8 Å². The number of hydrogen-bond donors (Lipinski definition) is 3. The third-order valence-corrected chi connectivity index (χ3v) is 2.70. The van der Waals surface area contributed by atoms with E-state index in [1.807, 2.05) is 0 Å². The van der Waals surface area contributed by atoms with Crippen LogP contribution in [0.4, 0.5) is 0 Å². The number of nitrogens with one attached hydrogen (secondary N) is 2. The first-order valence-electron chi connectivity index (χ1n) is 5.51. The van der Waals surface area contributed by atoms with Crippen LogP contribution in [0, 0.1) is 11.8 Å². The van der Waals surface area contributed by atoms with Gasteiger partial charge in [0.05, 0.1) is 6.61 Å². The highest BCUT2D eigenvalue weighted by atomic mass is 16.5. The summed E-state index contributed by atoms with van der Waals surface area (Å²) in [5.41, 5.74) is 2.56. The Morgan fingerprint density at radius 3 is 2.87 bits per heavy atom. The van der Waals surface area contributed by atoms with Crippen LogP contribution in [0.15, 0.2) is 4.99 Å².